The minimum absolute atomic E-state index is 0.0921. The number of carbonyl (C=O) groups excluding carboxylic acids is 1. The summed E-state index contributed by atoms with van der Waals surface area (Å²) in [4.78, 5) is 11.7. The Balaban J connectivity index is 3.18. The monoisotopic (exact) mass is 313 g/mol. The van der Waals surface area contributed by atoms with Crippen LogP contribution in [0, 0.1) is 19.8 Å². The molecule has 0 saturated carbocycles. The molecule has 6 nitrogen and oxygen atoms in total. The van der Waals surface area contributed by atoms with Crippen LogP contribution in [-0.2, 0) is 14.8 Å². The van der Waals surface area contributed by atoms with Crippen molar-refractivity contribution < 1.29 is 13.2 Å². The quantitative estimate of drug-likeness (QED) is 0.790. The highest BCUT2D eigenvalue weighted by molar-refractivity contribution is 7.89. The average Bonchev–Trinajstić information content (AvgIpc) is 2.41. The fourth-order valence-corrected chi connectivity index (χ4v) is 3.77. The van der Waals surface area contributed by atoms with Gasteiger partial charge < -0.3 is 11.1 Å². The average molecular weight is 313 g/mol. The number of benzene rings is 1. The summed E-state index contributed by atoms with van der Waals surface area (Å²) in [7, 11) is -0.753. The molecule has 0 bridgehead atoms. The lowest BCUT2D eigenvalue weighted by molar-refractivity contribution is -0.124. The second-order valence-electron chi connectivity index (χ2n) is 5.23. The van der Waals surface area contributed by atoms with Gasteiger partial charge in [-0.25, -0.2) is 12.7 Å². The fourth-order valence-electron chi connectivity index (χ4n) is 2.12. The van der Waals surface area contributed by atoms with E-state index < -0.39 is 15.9 Å². The molecule has 0 aromatic heterocycles. The number of nitrogens with one attached hydrogen (secondary N) is 1. The summed E-state index contributed by atoms with van der Waals surface area (Å²) in [5, 5.41) is 2.51. The maximum absolute atomic E-state index is 12.7. The first-order valence-electron chi connectivity index (χ1n) is 6.66. The predicted octanol–water partition coefficient (Wildman–Crippen LogP) is 0.888. The molecule has 0 aliphatic carbocycles. The van der Waals surface area contributed by atoms with E-state index in [1.54, 1.807) is 26.0 Å². The Morgan fingerprint density at radius 3 is 2.48 bits per heavy atom. The smallest absolute Gasteiger partial charge is 0.245 e. The summed E-state index contributed by atoms with van der Waals surface area (Å²) < 4.78 is 26.5. The van der Waals surface area contributed by atoms with Gasteiger partial charge in [-0.2, -0.15) is 0 Å². The van der Waals surface area contributed by atoms with Crippen molar-refractivity contribution in [2.24, 2.45) is 5.92 Å². The first-order chi connectivity index (χ1) is 9.62. The van der Waals surface area contributed by atoms with E-state index in [4.69, 9.17) is 5.73 Å². The number of amides is 1. The number of hydrogen-bond donors (Lipinski definition) is 2. The second kappa shape index (κ2) is 6.44. The molecule has 7 heteroatoms. The Kier molecular flexibility index (Phi) is 5.36. The van der Waals surface area contributed by atoms with Crippen molar-refractivity contribution in [1.82, 2.24) is 9.62 Å². The lowest BCUT2D eigenvalue weighted by Crippen LogP contribution is -2.37. The molecule has 0 heterocycles. The first kappa shape index (κ1) is 17.5. The summed E-state index contributed by atoms with van der Waals surface area (Å²) in [5.41, 5.74) is 7.56. The number of rotatable bonds is 5. The Bertz CT molecular complexity index is 641. The van der Waals surface area contributed by atoms with E-state index in [0.717, 1.165) is 5.56 Å². The van der Waals surface area contributed by atoms with Crippen LogP contribution in [0.4, 0.5) is 5.69 Å². The van der Waals surface area contributed by atoms with Gasteiger partial charge in [-0.1, -0.05) is 13.0 Å². The molecule has 0 aliphatic rings. The van der Waals surface area contributed by atoms with Crippen molar-refractivity contribution in [2.45, 2.75) is 25.7 Å². The maximum atomic E-state index is 12.7. The number of carbonyl (C=O) groups is 1. The topological polar surface area (TPSA) is 92.5 Å². The molecule has 3 N–H and O–H groups in total. The molecule has 1 aromatic rings. The van der Waals surface area contributed by atoms with Crippen LogP contribution in [0.1, 0.15) is 18.1 Å². The van der Waals surface area contributed by atoms with E-state index in [9.17, 15) is 13.2 Å². The number of anilines is 1. The van der Waals surface area contributed by atoms with Gasteiger partial charge >= 0.3 is 0 Å². The molecular formula is C14H23N3O3S. The van der Waals surface area contributed by atoms with Crippen LogP contribution < -0.4 is 11.1 Å². The van der Waals surface area contributed by atoms with Gasteiger partial charge in [-0.05, 0) is 31.0 Å². The van der Waals surface area contributed by atoms with Gasteiger partial charge in [-0.3, -0.25) is 4.79 Å². The standard InChI is InChI=1S/C14H23N3O3S/c1-9-6-7-12(15)13(11(9)3)21(19,20)17(5)8-10(2)14(18)16-4/h6-7,10H,8,15H2,1-5H3,(H,16,18). The van der Waals surface area contributed by atoms with E-state index >= 15 is 0 Å². The molecule has 0 spiro atoms. The molecule has 21 heavy (non-hydrogen) atoms. The Hall–Kier alpha value is -1.60. The third-order valence-electron chi connectivity index (χ3n) is 3.60. The summed E-state index contributed by atoms with van der Waals surface area (Å²) in [6.07, 6.45) is 0. The van der Waals surface area contributed by atoms with Crippen molar-refractivity contribution in [3.8, 4) is 0 Å². The highest BCUT2D eigenvalue weighted by atomic mass is 32.2. The lowest BCUT2D eigenvalue weighted by atomic mass is 10.1. The number of hydrogen-bond acceptors (Lipinski definition) is 4. The zero-order chi connectivity index (χ0) is 16.4. The number of nitrogens with two attached hydrogens (primary N) is 1. The van der Waals surface area contributed by atoms with Crippen molar-refractivity contribution in [3.63, 3.8) is 0 Å². The largest absolute Gasteiger partial charge is 0.398 e. The second-order valence-corrected chi connectivity index (χ2v) is 7.21. The minimum atomic E-state index is -3.73. The van der Waals surface area contributed by atoms with Crippen LogP contribution in [0.2, 0.25) is 0 Å². The zero-order valence-electron chi connectivity index (χ0n) is 13.1. The number of sulfonamides is 1. The normalized spacial score (nSPS) is 13.2. The van der Waals surface area contributed by atoms with Gasteiger partial charge in [0, 0.05) is 26.6 Å². The molecule has 1 aromatic carbocycles. The Morgan fingerprint density at radius 2 is 1.95 bits per heavy atom. The minimum Gasteiger partial charge on any atom is -0.398 e. The molecule has 1 amide bonds. The Labute approximate surface area is 126 Å². The van der Waals surface area contributed by atoms with Crippen molar-refractivity contribution in [2.75, 3.05) is 26.4 Å². The molecule has 1 rings (SSSR count). The molecule has 118 valence electrons. The fraction of sp³-hybridized carbons (Fsp3) is 0.500. The summed E-state index contributed by atoms with van der Waals surface area (Å²) >= 11 is 0. The van der Waals surface area contributed by atoms with Gasteiger partial charge in [0.2, 0.25) is 15.9 Å². The van der Waals surface area contributed by atoms with Crippen LogP contribution in [-0.4, -0.2) is 39.3 Å². The van der Waals surface area contributed by atoms with E-state index in [2.05, 4.69) is 5.32 Å². The van der Waals surface area contributed by atoms with Crippen molar-refractivity contribution >= 4 is 21.6 Å². The van der Waals surface area contributed by atoms with Gasteiger partial charge in [0.15, 0.2) is 0 Å². The molecule has 0 saturated heterocycles. The van der Waals surface area contributed by atoms with Crippen LogP contribution in [0.3, 0.4) is 0 Å². The van der Waals surface area contributed by atoms with Crippen LogP contribution in [0.15, 0.2) is 17.0 Å². The van der Waals surface area contributed by atoms with Gasteiger partial charge in [0.05, 0.1) is 5.69 Å². The van der Waals surface area contributed by atoms with Gasteiger partial charge in [-0.15, -0.1) is 0 Å². The first-order valence-corrected chi connectivity index (χ1v) is 8.10. The molecule has 0 aliphatic heterocycles. The van der Waals surface area contributed by atoms with Crippen LogP contribution >= 0.6 is 0 Å². The van der Waals surface area contributed by atoms with Crippen molar-refractivity contribution in [3.05, 3.63) is 23.3 Å². The van der Waals surface area contributed by atoms with Crippen LogP contribution in [0.5, 0.6) is 0 Å². The van der Waals surface area contributed by atoms with Crippen molar-refractivity contribution in [1.29, 1.82) is 0 Å². The van der Waals surface area contributed by atoms with Crippen LogP contribution in [0.25, 0.3) is 0 Å². The molecular weight excluding hydrogens is 290 g/mol. The SMILES string of the molecule is CNC(=O)C(C)CN(C)S(=O)(=O)c1c(N)ccc(C)c1C. The number of aryl methyl sites for hydroxylation is 1. The highest BCUT2D eigenvalue weighted by Gasteiger charge is 2.28. The molecule has 0 fully saturated rings. The Morgan fingerprint density at radius 1 is 1.38 bits per heavy atom. The lowest BCUT2D eigenvalue weighted by Gasteiger charge is -2.22. The third-order valence-corrected chi connectivity index (χ3v) is 5.63. The summed E-state index contributed by atoms with van der Waals surface area (Å²) in [6, 6.07) is 3.38. The zero-order valence-corrected chi connectivity index (χ0v) is 13.9. The van der Waals surface area contributed by atoms with E-state index in [1.165, 1.54) is 18.4 Å². The van der Waals surface area contributed by atoms with Gasteiger partial charge in [0.25, 0.3) is 0 Å². The summed E-state index contributed by atoms with van der Waals surface area (Å²) in [6.45, 7) is 5.34. The summed E-state index contributed by atoms with van der Waals surface area (Å²) in [5.74, 6) is -0.646. The predicted molar refractivity (Wildman–Crippen MR) is 83.4 cm³/mol. The maximum Gasteiger partial charge on any atom is 0.245 e. The van der Waals surface area contributed by atoms with E-state index in [0.29, 0.717) is 5.56 Å². The van der Waals surface area contributed by atoms with E-state index in [-0.39, 0.29) is 23.0 Å². The molecule has 1 unspecified atom stereocenters. The molecule has 1 atom stereocenters. The van der Waals surface area contributed by atoms with E-state index in [1.807, 2.05) is 6.92 Å². The number of nitrogens with zero attached hydrogens (tertiary/aromatic N) is 1. The number of nitrogen functional groups attached to an aromatic ring is 1. The third kappa shape index (κ3) is 3.54. The highest BCUT2D eigenvalue weighted by Crippen LogP contribution is 2.28. The van der Waals surface area contributed by atoms with Gasteiger partial charge in [0.1, 0.15) is 4.90 Å². The molecule has 0 radical (unpaired) electrons.